The third-order valence-electron chi connectivity index (χ3n) is 4.33. The Labute approximate surface area is 163 Å². The highest BCUT2D eigenvalue weighted by Crippen LogP contribution is 2.27. The third kappa shape index (κ3) is 9.38. The fraction of sp³-hybridized carbons (Fsp3) is 0.545. The van der Waals surface area contributed by atoms with Gasteiger partial charge in [0.2, 0.25) is 0 Å². The van der Waals surface area contributed by atoms with Crippen molar-refractivity contribution in [3.63, 3.8) is 0 Å². The molecule has 150 valence electrons. The first-order chi connectivity index (χ1) is 13.1. The van der Waals surface area contributed by atoms with Gasteiger partial charge in [0.25, 0.3) is 0 Å². The molecular weight excluding hydrogens is 342 g/mol. The van der Waals surface area contributed by atoms with Crippen LogP contribution in [0.4, 0.5) is 0 Å². The van der Waals surface area contributed by atoms with Gasteiger partial charge < -0.3 is 14.7 Å². The molecule has 1 aliphatic rings. The van der Waals surface area contributed by atoms with Gasteiger partial charge in [-0.3, -0.25) is 4.79 Å². The van der Waals surface area contributed by atoms with Gasteiger partial charge in [-0.2, -0.15) is 0 Å². The first-order valence-corrected chi connectivity index (χ1v) is 9.67. The van der Waals surface area contributed by atoms with E-state index in [9.17, 15) is 9.90 Å². The molecule has 27 heavy (non-hydrogen) atoms. The Hall–Kier alpha value is -2.14. The SMILES string of the molecule is CC/C=C\C[C@H](O)CC=C1/C(=N\OC)C=C[C@@H]1C/C=C\CCCC(=O)OC. The van der Waals surface area contributed by atoms with Crippen molar-refractivity contribution in [3.8, 4) is 0 Å². The summed E-state index contributed by atoms with van der Waals surface area (Å²) in [4.78, 5) is 16.0. The fourth-order valence-corrected chi connectivity index (χ4v) is 2.85. The highest BCUT2D eigenvalue weighted by atomic mass is 16.6. The quantitative estimate of drug-likeness (QED) is 0.236. The molecule has 0 heterocycles. The Balaban J connectivity index is 2.57. The summed E-state index contributed by atoms with van der Waals surface area (Å²) in [5, 5.41) is 14.2. The molecule has 5 heteroatoms. The molecule has 0 spiro atoms. The summed E-state index contributed by atoms with van der Waals surface area (Å²) in [7, 11) is 2.95. The minimum Gasteiger partial charge on any atom is -0.469 e. The molecule has 0 bridgehead atoms. The second-order valence-electron chi connectivity index (χ2n) is 6.46. The van der Waals surface area contributed by atoms with Crippen LogP contribution >= 0.6 is 0 Å². The molecule has 0 saturated carbocycles. The van der Waals surface area contributed by atoms with Crippen LogP contribution in [0.25, 0.3) is 0 Å². The maximum Gasteiger partial charge on any atom is 0.305 e. The van der Waals surface area contributed by atoms with Crippen LogP contribution in [0.1, 0.15) is 51.9 Å². The van der Waals surface area contributed by atoms with Gasteiger partial charge in [0.15, 0.2) is 0 Å². The molecule has 0 radical (unpaired) electrons. The van der Waals surface area contributed by atoms with Crippen LogP contribution in [0.15, 0.2) is 53.3 Å². The standard InChI is InChI=1S/C22H33NO4/c1-4-5-8-12-19(24)15-16-20-18(14-17-21(20)23-27-3)11-9-6-7-10-13-22(25)26-2/h5-6,8-9,14,16-19,24H,4,7,10-13,15H2,1-3H3/b8-5-,9-6-,20-16?,23-21-/t18-,19-/m0/s1. The number of esters is 1. The lowest BCUT2D eigenvalue weighted by Gasteiger charge is -2.11. The van der Waals surface area contributed by atoms with E-state index in [0.717, 1.165) is 37.0 Å². The molecule has 2 atom stereocenters. The second kappa shape index (κ2) is 14.0. The molecule has 0 fully saturated rings. The lowest BCUT2D eigenvalue weighted by atomic mass is 9.95. The Morgan fingerprint density at radius 1 is 1.26 bits per heavy atom. The molecule has 0 amide bonds. The number of carbonyl (C=O) groups excluding carboxylic acids is 1. The lowest BCUT2D eigenvalue weighted by molar-refractivity contribution is -0.140. The number of ether oxygens (including phenoxy) is 1. The molecule has 0 aromatic rings. The van der Waals surface area contributed by atoms with Crippen molar-refractivity contribution in [2.24, 2.45) is 11.1 Å². The summed E-state index contributed by atoms with van der Waals surface area (Å²) in [6, 6.07) is 0. The van der Waals surface area contributed by atoms with E-state index in [1.807, 2.05) is 12.2 Å². The molecular formula is C22H33NO4. The van der Waals surface area contributed by atoms with Gasteiger partial charge in [0, 0.05) is 12.3 Å². The highest BCUT2D eigenvalue weighted by molar-refractivity contribution is 6.11. The van der Waals surface area contributed by atoms with E-state index in [-0.39, 0.29) is 18.0 Å². The lowest BCUT2D eigenvalue weighted by Crippen LogP contribution is -2.07. The van der Waals surface area contributed by atoms with Crippen LogP contribution < -0.4 is 0 Å². The van der Waals surface area contributed by atoms with E-state index in [0.29, 0.717) is 19.3 Å². The number of hydrogen-bond acceptors (Lipinski definition) is 5. The smallest absolute Gasteiger partial charge is 0.305 e. The second-order valence-corrected chi connectivity index (χ2v) is 6.46. The van der Waals surface area contributed by atoms with E-state index in [2.05, 4.69) is 47.2 Å². The maximum atomic E-state index is 11.1. The Morgan fingerprint density at radius 3 is 2.78 bits per heavy atom. The summed E-state index contributed by atoms with van der Waals surface area (Å²) >= 11 is 0. The minimum atomic E-state index is -0.390. The van der Waals surface area contributed by atoms with Gasteiger partial charge in [-0.05, 0) is 50.2 Å². The van der Waals surface area contributed by atoms with Gasteiger partial charge >= 0.3 is 5.97 Å². The van der Waals surface area contributed by atoms with Crippen molar-refractivity contribution in [3.05, 3.63) is 48.1 Å². The fourth-order valence-electron chi connectivity index (χ4n) is 2.85. The highest BCUT2D eigenvalue weighted by Gasteiger charge is 2.21. The van der Waals surface area contributed by atoms with Gasteiger partial charge in [-0.25, -0.2) is 0 Å². The molecule has 0 saturated heterocycles. The Kier molecular flexibility index (Phi) is 11.9. The van der Waals surface area contributed by atoms with Crippen LogP contribution in [-0.2, 0) is 14.4 Å². The van der Waals surface area contributed by atoms with Crippen molar-refractivity contribution in [2.45, 2.75) is 58.0 Å². The summed E-state index contributed by atoms with van der Waals surface area (Å²) in [5.41, 5.74) is 1.91. The number of oxime groups is 1. The predicted molar refractivity (Wildman–Crippen MR) is 109 cm³/mol. The zero-order valence-electron chi connectivity index (χ0n) is 16.8. The zero-order chi connectivity index (χ0) is 19.9. The van der Waals surface area contributed by atoms with Crippen LogP contribution in [0.5, 0.6) is 0 Å². The van der Waals surface area contributed by atoms with E-state index in [1.54, 1.807) is 0 Å². The van der Waals surface area contributed by atoms with Crippen molar-refractivity contribution in [1.82, 2.24) is 0 Å². The molecule has 0 aromatic heterocycles. The molecule has 5 nitrogen and oxygen atoms in total. The predicted octanol–water partition coefficient (Wildman–Crippen LogP) is 4.50. The molecule has 1 rings (SSSR count). The molecule has 1 N–H and O–H groups in total. The van der Waals surface area contributed by atoms with Crippen molar-refractivity contribution in [2.75, 3.05) is 14.2 Å². The van der Waals surface area contributed by atoms with Crippen LogP contribution in [0.2, 0.25) is 0 Å². The Bertz CT molecular complexity index is 587. The van der Waals surface area contributed by atoms with E-state index >= 15 is 0 Å². The number of carbonyl (C=O) groups is 1. The summed E-state index contributed by atoms with van der Waals surface area (Å²) in [5.74, 6) is 0.0641. The number of aliphatic hydroxyl groups excluding tert-OH is 1. The number of rotatable bonds is 12. The summed E-state index contributed by atoms with van der Waals surface area (Å²) < 4.78 is 4.63. The molecule has 0 aromatic carbocycles. The topological polar surface area (TPSA) is 68.1 Å². The number of allylic oxidation sites excluding steroid dienone is 6. The first kappa shape index (κ1) is 22.9. The van der Waals surface area contributed by atoms with Crippen LogP contribution in [-0.4, -0.2) is 37.1 Å². The first-order valence-electron chi connectivity index (χ1n) is 9.67. The Morgan fingerprint density at radius 2 is 2.07 bits per heavy atom. The van der Waals surface area contributed by atoms with E-state index in [4.69, 9.17) is 4.84 Å². The molecule has 0 aliphatic heterocycles. The largest absolute Gasteiger partial charge is 0.469 e. The summed E-state index contributed by atoms with van der Waals surface area (Å²) in [6.45, 7) is 2.08. The monoisotopic (exact) mass is 375 g/mol. The number of hydrogen-bond donors (Lipinski definition) is 1. The van der Waals surface area contributed by atoms with Crippen LogP contribution in [0, 0.1) is 5.92 Å². The van der Waals surface area contributed by atoms with E-state index in [1.165, 1.54) is 14.2 Å². The molecule has 0 unspecified atom stereocenters. The van der Waals surface area contributed by atoms with Crippen molar-refractivity contribution >= 4 is 11.7 Å². The van der Waals surface area contributed by atoms with E-state index < -0.39 is 0 Å². The van der Waals surface area contributed by atoms with Gasteiger partial charge in [-0.15, -0.1) is 0 Å². The van der Waals surface area contributed by atoms with Crippen molar-refractivity contribution < 1.29 is 19.5 Å². The average Bonchev–Trinajstić information content (AvgIpc) is 3.04. The number of aliphatic hydroxyl groups is 1. The van der Waals surface area contributed by atoms with Gasteiger partial charge in [0.05, 0.1) is 13.2 Å². The van der Waals surface area contributed by atoms with Crippen LogP contribution in [0.3, 0.4) is 0 Å². The van der Waals surface area contributed by atoms with Gasteiger partial charge in [0.1, 0.15) is 12.8 Å². The summed E-state index contributed by atoms with van der Waals surface area (Å²) in [6.07, 6.45) is 19.3. The normalized spacial score (nSPS) is 21.0. The maximum absolute atomic E-state index is 11.1. The molecule has 1 aliphatic carbocycles. The number of nitrogens with zero attached hydrogens (tertiary/aromatic N) is 1. The average molecular weight is 376 g/mol. The zero-order valence-corrected chi connectivity index (χ0v) is 16.8. The van der Waals surface area contributed by atoms with Crippen molar-refractivity contribution in [1.29, 1.82) is 0 Å². The third-order valence-corrected chi connectivity index (χ3v) is 4.33. The minimum absolute atomic E-state index is 0.167. The number of methoxy groups -OCH3 is 1. The van der Waals surface area contributed by atoms with Gasteiger partial charge in [-0.1, -0.05) is 48.5 Å². The number of unbranched alkanes of at least 4 members (excludes halogenated alkanes) is 1.